The molecule has 3 aromatic rings. The summed E-state index contributed by atoms with van der Waals surface area (Å²) in [5.41, 5.74) is 0.563. The van der Waals surface area contributed by atoms with Gasteiger partial charge in [-0.3, -0.25) is 14.5 Å². The lowest BCUT2D eigenvalue weighted by Gasteiger charge is -2.08. The molecular weight excluding hydrogens is 400 g/mol. The minimum Gasteiger partial charge on any atom is -0.452 e. The summed E-state index contributed by atoms with van der Waals surface area (Å²) >= 11 is 0. The number of carbonyl (C=O) groups is 2. The van der Waals surface area contributed by atoms with E-state index in [-0.39, 0.29) is 16.3 Å². The van der Waals surface area contributed by atoms with E-state index in [2.05, 4.69) is 20.2 Å². The van der Waals surface area contributed by atoms with Crippen molar-refractivity contribution in [2.45, 2.75) is 11.8 Å². The van der Waals surface area contributed by atoms with E-state index >= 15 is 0 Å². The lowest BCUT2D eigenvalue weighted by atomic mass is 10.3. The second-order valence-electron chi connectivity index (χ2n) is 5.82. The molecule has 0 fully saturated rings. The highest BCUT2D eigenvalue weighted by Gasteiger charge is 2.16. The summed E-state index contributed by atoms with van der Waals surface area (Å²) in [5, 5.41) is 6.08. The van der Waals surface area contributed by atoms with E-state index < -0.39 is 28.5 Å². The number of carbonyl (C=O) groups excluding carboxylic acids is 2. The number of amides is 1. The molecular formula is C18H16N4O6S. The Morgan fingerprint density at radius 1 is 1.17 bits per heavy atom. The normalized spacial score (nSPS) is 10.9. The van der Waals surface area contributed by atoms with Gasteiger partial charge in [0.05, 0.1) is 10.5 Å². The van der Waals surface area contributed by atoms with Gasteiger partial charge in [-0.2, -0.15) is 0 Å². The van der Waals surface area contributed by atoms with Gasteiger partial charge < -0.3 is 14.6 Å². The third-order valence-corrected chi connectivity index (χ3v) is 4.92. The molecule has 2 heterocycles. The first-order valence-electron chi connectivity index (χ1n) is 8.27. The standard InChI is InChI=1S/C18H16N4O6S/c1-12-9-16(21-28-12)22-29(25,26)15-6-4-14(5-7-15)20-17(23)11-27-18(24)13-3-2-8-19-10-13/h2-10H,11H2,1H3,(H,20,23)(H,21,22). The molecule has 3 rings (SSSR count). The second kappa shape index (κ2) is 8.52. The molecule has 0 bridgehead atoms. The summed E-state index contributed by atoms with van der Waals surface area (Å²) in [5.74, 6) is -0.724. The van der Waals surface area contributed by atoms with Crippen LogP contribution in [0.1, 0.15) is 16.1 Å². The van der Waals surface area contributed by atoms with E-state index in [0.717, 1.165) is 0 Å². The maximum Gasteiger partial charge on any atom is 0.340 e. The van der Waals surface area contributed by atoms with Gasteiger partial charge in [-0.15, -0.1) is 0 Å². The monoisotopic (exact) mass is 416 g/mol. The number of ether oxygens (including phenoxy) is 1. The van der Waals surface area contributed by atoms with Crippen molar-refractivity contribution >= 4 is 33.4 Å². The Balaban J connectivity index is 1.55. The van der Waals surface area contributed by atoms with Crippen LogP contribution in [0.2, 0.25) is 0 Å². The Morgan fingerprint density at radius 2 is 1.93 bits per heavy atom. The van der Waals surface area contributed by atoms with E-state index in [4.69, 9.17) is 9.26 Å². The molecule has 29 heavy (non-hydrogen) atoms. The molecule has 2 N–H and O–H groups in total. The molecule has 0 radical (unpaired) electrons. The lowest BCUT2D eigenvalue weighted by molar-refractivity contribution is -0.119. The third kappa shape index (κ3) is 5.39. The van der Waals surface area contributed by atoms with Crippen LogP contribution in [-0.2, 0) is 19.6 Å². The summed E-state index contributed by atoms with van der Waals surface area (Å²) < 4.78 is 36.6. The smallest absolute Gasteiger partial charge is 0.340 e. The Labute approximate surface area is 165 Å². The predicted molar refractivity (Wildman–Crippen MR) is 102 cm³/mol. The number of pyridine rings is 1. The van der Waals surface area contributed by atoms with Crippen LogP contribution in [-0.4, -0.2) is 37.0 Å². The first-order chi connectivity index (χ1) is 13.8. The number of benzene rings is 1. The van der Waals surface area contributed by atoms with Gasteiger partial charge in [0.1, 0.15) is 5.76 Å². The van der Waals surface area contributed by atoms with Crippen molar-refractivity contribution in [1.82, 2.24) is 10.1 Å². The fourth-order valence-corrected chi connectivity index (χ4v) is 3.21. The zero-order valence-corrected chi connectivity index (χ0v) is 16.0. The minimum absolute atomic E-state index is 0.0286. The van der Waals surface area contributed by atoms with Crippen LogP contribution in [0.4, 0.5) is 11.5 Å². The molecule has 0 saturated carbocycles. The topological polar surface area (TPSA) is 140 Å². The summed E-state index contributed by atoms with van der Waals surface area (Å²) in [6.07, 6.45) is 2.84. The molecule has 0 aliphatic carbocycles. The fourth-order valence-electron chi connectivity index (χ4n) is 2.22. The summed E-state index contributed by atoms with van der Waals surface area (Å²) in [7, 11) is -3.86. The average molecular weight is 416 g/mol. The molecule has 0 saturated heterocycles. The molecule has 0 aliphatic heterocycles. The highest BCUT2D eigenvalue weighted by Crippen LogP contribution is 2.18. The number of nitrogens with zero attached hydrogens (tertiary/aromatic N) is 2. The molecule has 0 atom stereocenters. The van der Waals surface area contributed by atoms with Gasteiger partial charge in [-0.25, -0.2) is 13.2 Å². The van der Waals surface area contributed by atoms with Crippen molar-refractivity contribution in [2.75, 3.05) is 16.6 Å². The lowest BCUT2D eigenvalue weighted by Crippen LogP contribution is -2.21. The summed E-state index contributed by atoms with van der Waals surface area (Å²) in [6.45, 7) is 1.14. The SMILES string of the molecule is Cc1cc(NS(=O)(=O)c2ccc(NC(=O)COC(=O)c3cccnc3)cc2)no1. The molecule has 150 valence electrons. The molecule has 0 unspecified atom stereocenters. The van der Waals surface area contributed by atoms with E-state index in [9.17, 15) is 18.0 Å². The van der Waals surface area contributed by atoms with Crippen molar-refractivity contribution in [1.29, 1.82) is 0 Å². The molecule has 0 aliphatic rings. The Kier molecular flexibility index (Phi) is 5.88. The maximum atomic E-state index is 12.3. The van der Waals surface area contributed by atoms with Gasteiger partial charge in [0.2, 0.25) is 0 Å². The number of sulfonamides is 1. The summed E-state index contributed by atoms with van der Waals surface area (Å²) in [4.78, 5) is 27.5. The molecule has 1 aromatic carbocycles. The van der Waals surface area contributed by atoms with Crippen molar-refractivity contribution in [3.63, 3.8) is 0 Å². The van der Waals surface area contributed by atoms with E-state index in [1.54, 1.807) is 13.0 Å². The Morgan fingerprint density at radius 3 is 2.55 bits per heavy atom. The number of aryl methyl sites for hydroxylation is 1. The van der Waals surface area contributed by atoms with Gasteiger partial charge in [0.25, 0.3) is 15.9 Å². The summed E-state index contributed by atoms with van der Waals surface area (Å²) in [6, 6.07) is 9.97. The van der Waals surface area contributed by atoms with E-state index in [1.165, 1.54) is 48.8 Å². The number of nitrogens with one attached hydrogen (secondary N) is 2. The largest absolute Gasteiger partial charge is 0.452 e. The van der Waals surface area contributed by atoms with Crippen LogP contribution in [0, 0.1) is 6.92 Å². The van der Waals surface area contributed by atoms with Gasteiger partial charge in [-0.1, -0.05) is 5.16 Å². The predicted octanol–water partition coefficient (Wildman–Crippen LogP) is 1.97. The molecule has 0 spiro atoms. The number of hydrogen-bond acceptors (Lipinski definition) is 8. The van der Waals surface area contributed by atoms with Crippen molar-refractivity contribution < 1.29 is 27.3 Å². The zero-order chi connectivity index (χ0) is 20.9. The minimum atomic E-state index is -3.86. The van der Waals surface area contributed by atoms with E-state index in [0.29, 0.717) is 11.4 Å². The average Bonchev–Trinajstić information content (AvgIpc) is 3.11. The zero-order valence-electron chi connectivity index (χ0n) is 15.2. The molecule has 10 nitrogen and oxygen atoms in total. The van der Waals surface area contributed by atoms with E-state index in [1.807, 2.05) is 0 Å². The number of rotatable bonds is 7. The number of aromatic nitrogens is 2. The van der Waals surface area contributed by atoms with Crippen LogP contribution >= 0.6 is 0 Å². The maximum absolute atomic E-state index is 12.3. The molecule has 2 aromatic heterocycles. The third-order valence-electron chi connectivity index (χ3n) is 3.55. The van der Waals surface area contributed by atoms with Crippen LogP contribution in [0.5, 0.6) is 0 Å². The van der Waals surface area contributed by atoms with Gasteiger partial charge in [0.15, 0.2) is 12.4 Å². The number of hydrogen-bond donors (Lipinski definition) is 2. The first-order valence-corrected chi connectivity index (χ1v) is 9.75. The highest BCUT2D eigenvalue weighted by molar-refractivity contribution is 7.92. The molecule has 1 amide bonds. The van der Waals surface area contributed by atoms with Crippen molar-refractivity contribution in [3.8, 4) is 0 Å². The van der Waals surface area contributed by atoms with Crippen LogP contribution in [0.3, 0.4) is 0 Å². The Bertz CT molecular complexity index is 1110. The first kappa shape index (κ1) is 20.0. The van der Waals surface area contributed by atoms with Crippen LogP contribution < -0.4 is 10.0 Å². The van der Waals surface area contributed by atoms with Crippen LogP contribution in [0.15, 0.2) is 64.3 Å². The molecule has 11 heteroatoms. The quantitative estimate of drug-likeness (QED) is 0.557. The van der Waals surface area contributed by atoms with Crippen molar-refractivity contribution in [3.05, 3.63) is 66.2 Å². The fraction of sp³-hybridized carbons (Fsp3) is 0.111. The van der Waals surface area contributed by atoms with Crippen LogP contribution in [0.25, 0.3) is 0 Å². The van der Waals surface area contributed by atoms with Crippen molar-refractivity contribution in [2.24, 2.45) is 0 Å². The van der Waals surface area contributed by atoms with Gasteiger partial charge in [-0.05, 0) is 43.3 Å². The van der Waals surface area contributed by atoms with Gasteiger partial charge in [0, 0.05) is 24.1 Å². The van der Waals surface area contributed by atoms with Gasteiger partial charge >= 0.3 is 5.97 Å². The second-order valence-corrected chi connectivity index (χ2v) is 7.50. The number of anilines is 2. The Hall–Kier alpha value is -3.73. The highest BCUT2D eigenvalue weighted by atomic mass is 32.2. The number of esters is 1.